The molecule has 0 saturated heterocycles. The fraction of sp³-hybridized carbons (Fsp3) is 0.333. The fourth-order valence-corrected chi connectivity index (χ4v) is 2.92. The molecule has 0 aliphatic carbocycles. The van der Waals surface area contributed by atoms with E-state index in [1.54, 1.807) is 0 Å². The molecular weight excluding hydrogens is 296 g/mol. The third-order valence-electron chi connectivity index (χ3n) is 4.65. The topological polar surface area (TPSA) is 9.23 Å². The van der Waals surface area contributed by atoms with E-state index in [9.17, 15) is 0 Å². The van der Waals surface area contributed by atoms with Gasteiger partial charge in [0.2, 0.25) is 0 Å². The van der Waals surface area contributed by atoms with Gasteiger partial charge < -0.3 is 4.43 Å². The summed E-state index contributed by atoms with van der Waals surface area (Å²) in [6.07, 6.45) is 4.29. The van der Waals surface area contributed by atoms with Crippen LogP contribution < -0.4 is 0 Å². The Kier molecular flexibility index (Phi) is 5.61. The van der Waals surface area contributed by atoms with E-state index in [2.05, 4.69) is 94.5 Å². The average molecular weight is 325 g/mol. The van der Waals surface area contributed by atoms with Gasteiger partial charge in [0, 0.05) is 0 Å². The predicted octanol–water partition coefficient (Wildman–Crippen LogP) is 6.38. The Morgan fingerprint density at radius 3 is 1.87 bits per heavy atom. The SMILES string of the molecule is CC(C)(C)[Si](C)(C)OCc1ccc(/C=C/c2ccccc2)cc1. The van der Waals surface area contributed by atoms with Crippen molar-refractivity contribution in [2.75, 3.05) is 0 Å². The molecule has 0 heterocycles. The maximum absolute atomic E-state index is 6.27. The molecule has 0 fully saturated rings. The third-order valence-corrected chi connectivity index (χ3v) is 9.13. The highest BCUT2D eigenvalue weighted by molar-refractivity contribution is 6.74. The summed E-state index contributed by atoms with van der Waals surface area (Å²) in [6, 6.07) is 19.0. The van der Waals surface area contributed by atoms with Crippen LogP contribution in [0.4, 0.5) is 0 Å². The Hall–Kier alpha value is -1.64. The quantitative estimate of drug-likeness (QED) is 0.458. The minimum atomic E-state index is -1.67. The predicted molar refractivity (Wildman–Crippen MR) is 104 cm³/mol. The van der Waals surface area contributed by atoms with Crippen molar-refractivity contribution in [1.82, 2.24) is 0 Å². The summed E-state index contributed by atoms with van der Waals surface area (Å²) in [7, 11) is -1.67. The molecular formula is C21H28OSi. The van der Waals surface area contributed by atoms with Gasteiger partial charge in [0.25, 0.3) is 0 Å². The Morgan fingerprint density at radius 1 is 0.826 bits per heavy atom. The van der Waals surface area contributed by atoms with Crippen LogP contribution in [0.3, 0.4) is 0 Å². The summed E-state index contributed by atoms with van der Waals surface area (Å²) in [5, 5.41) is 0.255. The molecule has 122 valence electrons. The molecule has 0 amide bonds. The number of hydrogen-bond acceptors (Lipinski definition) is 1. The van der Waals surface area contributed by atoms with Gasteiger partial charge in [-0.1, -0.05) is 87.5 Å². The highest BCUT2D eigenvalue weighted by Gasteiger charge is 2.36. The van der Waals surface area contributed by atoms with E-state index in [-0.39, 0.29) is 5.04 Å². The van der Waals surface area contributed by atoms with E-state index < -0.39 is 8.32 Å². The zero-order valence-corrected chi connectivity index (χ0v) is 16.0. The second-order valence-electron chi connectivity index (χ2n) is 7.53. The van der Waals surface area contributed by atoms with Gasteiger partial charge in [-0.05, 0) is 34.8 Å². The van der Waals surface area contributed by atoms with E-state index in [0.29, 0.717) is 6.61 Å². The van der Waals surface area contributed by atoms with E-state index in [0.717, 1.165) is 0 Å². The van der Waals surface area contributed by atoms with Crippen LogP contribution in [0.2, 0.25) is 18.1 Å². The van der Waals surface area contributed by atoms with Crippen LogP contribution >= 0.6 is 0 Å². The second-order valence-corrected chi connectivity index (χ2v) is 12.3. The first-order valence-corrected chi connectivity index (χ1v) is 11.1. The lowest BCUT2D eigenvalue weighted by atomic mass is 10.1. The van der Waals surface area contributed by atoms with Crippen LogP contribution in [0.5, 0.6) is 0 Å². The summed E-state index contributed by atoms with van der Waals surface area (Å²) in [5.41, 5.74) is 3.68. The monoisotopic (exact) mass is 324 g/mol. The molecule has 2 aromatic rings. The van der Waals surface area contributed by atoms with Crippen LogP contribution in [-0.4, -0.2) is 8.32 Å². The normalized spacial score (nSPS) is 12.7. The first-order valence-electron chi connectivity index (χ1n) is 8.24. The zero-order valence-electron chi connectivity index (χ0n) is 15.0. The maximum atomic E-state index is 6.27. The lowest BCUT2D eigenvalue weighted by molar-refractivity contribution is 0.276. The molecule has 0 aromatic heterocycles. The van der Waals surface area contributed by atoms with E-state index in [1.165, 1.54) is 16.7 Å². The van der Waals surface area contributed by atoms with Gasteiger partial charge in [0.05, 0.1) is 6.61 Å². The van der Waals surface area contributed by atoms with Gasteiger partial charge in [-0.2, -0.15) is 0 Å². The summed E-state index contributed by atoms with van der Waals surface area (Å²) in [5.74, 6) is 0. The molecule has 0 radical (unpaired) electrons. The molecule has 1 nitrogen and oxygen atoms in total. The van der Waals surface area contributed by atoms with Crippen LogP contribution in [0.25, 0.3) is 12.2 Å². The zero-order chi connectivity index (χ0) is 16.9. The average Bonchev–Trinajstić information content (AvgIpc) is 2.52. The molecule has 0 bridgehead atoms. The molecule has 0 unspecified atom stereocenters. The van der Waals surface area contributed by atoms with Crippen molar-refractivity contribution in [2.24, 2.45) is 0 Å². The second kappa shape index (κ2) is 7.29. The molecule has 0 N–H and O–H groups in total. The molecule has 0 aliphatic rings. The Labute approximate surface area is 142 Å². The van der Waals surface area contributed by atoms with Gasteiger partial charge in [0.1, 0.15) is 0 Å². The first kappa shape index (κ1) is 17.7. The molecule has 2 heteroatoms. The van der Waals surface area contributed by atoms with E-state index in [1.807, 2.05) is 6.07 Å². The van der Waals surface area contributed by atoms with E-state index in [4.69, 9.17) is 4.43 Å². The molecule has 0 atom stereocenters. The van der Waals surface area contributed by atoms with Crippen molar-refractivity contribution in [3.63, 3.8) is 0 Å². The van der Waals surface area contributed by atoms with Crippen LogP contribution in [0.1, 0.15) is 37.5 Å². The Bertz CT molecular complexity index is 634. The first-order chi connectivity index (χ1) is 10.8. The smallest absolute Gasteiger partial charge is 0.192 e. The summed E-state index contributed by atoms with van der Waals surface area (Å²) in [6.45, 7) is 12.1. The number of benzene rings is 2. The lowest BCUT2D eigenvalue weighted by Gasteiger charge is -2.36. The minimum absolute atomic E-state index is 0.255. The van der Waals surface area contributed by atoms with E-state index >= 15 is 0 Å². The summed E-state index contributed by atoms with van der Waals surface area (Å²) in [4.78, 5) is 0. The standard InChI is InChI=1S/C21H28OSi/c1-21(2,3)23(4,5)22-17-20-15-13-19(14-16-20)12-11-18-9-7-6-8-10-18/h6-16H,17H2,1-5H3/b12-11+. The largest absolute Gasteiger partial charge is 0.413 e. The Morgan fingerprint density at radius 2 is 1.35 bits per heavy atom. The van der Waals surface area contributed by atoms with Crippen LogP contribution in [0, 0.1) is 0 Å². The van der Waals surface area contributed by atoms with Gasteiger partial charge in [-0.15, -0.1) is 0 Å². The van der Waals surface area contributed by atoms with Crippen molar-refractivity contribution in [3.8, 4) is 0 Å². The third kappa shape index (κ3) is 5.19. The molecule has 0 aliphatic heterocycles. The van der Waals surface area contributed by atoms with Crippen LogP contribution in [0.15, 0.2) is 54.6 Å². The molecule has 23 heavy (non-hydrogen) atoms. The van der Waals surface area contributed by atoms with Gasteiger partial charge in [-0.25, -0.2) is 0 Å². The van der Waals surface area contributed by atoms with Gasteiger partial charge >= 0.3 is 0 Å². The van der Waals surface area contributed by atoms with Crippen molar-refractivity contribution < 1.29 is 4.43 Å². The van der Waals surface area contributed by atoms with Crippen molar-refractivity contribution in [1.29, 1.82) is 0 Å². The lowest BCUT2D eigenvalue weighted by Crippen LogP contribution is -2.40. The van der Waals surface area contributed by atoms with Crippen molar-refractivity contribution >= 4 is 20.5 Å². The minimum Gasteiger partial charge on any atom is -0.413 e. The summed E-state index contributed by atoms with van der Waals surface area (Å²) >= 11 is 0. The fourth-order valence-electron chi connectivity index (χ4n) is 1.96. The number of hydrogen-bond donors (Lipinski definition) is 0. The highest BCUT2D eigenvalue weighted by Crippen LogP contribution is 2.37. The maximum Gasteiger partial charge on any atom is 0.192 e. The molecule has 0 spiro atoms. The van der Waals surface area contributed by atoms with Gasteiger partial charge in [0.15, 0.2) is 8.32 Å². The molecule has 0 saturated carbocycles. The Balaban J connectivity index is 1.96. The number of rotatable bonds is 5. The van der Waals surface area contributed by atoms with Crippen molar-refractivity contribution in [3.05, 3.63) is 71.3 Å². The van der Waals surface area contributed by atoms with Crippen molar-refractivity contribution in [2.45, 2.75) is 45.5 Å². The molecule has 2 aromatic carbocycles. The molecule has 2 rings (SSSR count). The van der Waals surface area contributed by atoms with Gasteiger partial charge in [-0.3, -0.25) is 0 Å². The summed E-state index contributed by atoms with van der Waals surface area (Å²) < 4.78 is 6.27. The van der Waals surface area contributed by atoms with Crippen LogP contribution in [-0.2, 0) is 11.0 Å². The highest BCUT2D eigenvalue weighted by atomic mass is 28.4.